The summed E-state index contributed by atoms with van der Waals surface area (Å²) in [6, 6.07) is 3.38. The van der Waals surface area contributed by atoms with E-state index in [0.29, 0.717) is 6.54 Å². The number of alkyl halides is 1. The third-order valence-corrected chi connectivity index (χ3v) is 4.09. The molecule has 0 spiro atoms. The molecule has 2 nitrogen and oxygen atoms in total. The van der Waals surface area contributed by atoms with Crippen molar-refractivity contribution < 1.29 is 8.78 Å². The van der Waals surface area contributed by atoms with Crippen molar-refractivity contribution in [3.05, 3.63) is 29.1 Å². The Kier molecular flexibility index (Phi) is 4.63. The Hall–Kier alpha value is -1.16. The van der Waals surface area contributed by atoms with E-state index >= 15 is 0 Å². The van der Waals surface area contributed by atoms with Crippen LogP contribution in [-0.2, 0) is 0 Å². The van der Waals surface area contributed by atoms with Gasteiger partial charge in [-0.05, 0) is 43.1 Å². The molecule has 112 valence electrons. The summed E-state index contributed by atoms with van der Waals surface area (Å²) in [6.07, 6.45) is 0. The molecule has 1 saturated heterocycles. The van der Waals surface area contributed by atoms with Crippen LogP contribution in [-0.4, -0.2) is 44.3 Å². The van der Waals surface area contributed by atoms with E-state index in [0.717, 1.165) is 29.9 Å². The van der Waals surface area contributed by atoms with E-state index in [2.05, 4.69) is 4.90 Å². The summed E-state index contributed by atoms with van der Waals surface area (Å²) >= 11 is 0. The van der Waals surface area contributed by atoms with Gasteiger partial charge >= 0.3 is 0 Å². The van der Waals surface area contributed by atoms with E-state index in [1.165, 1.54) is 0 Å². The Morgan fingerprint density at radius 1 is 1.30 bits per heavy atom. The molecule has 1 unspecified atom stereocenters. The van der Waals surface area contributed by atoms with Crippen LogP contribution in [0.3, 0.4) is 0 Å². The summed E-state index contributed by atoms with van der Waals surface area (Å²) in [5.74, 6) is -0.0138. The monoisotopic (exact) mass is 282 g/mol. The lowest BCUT2D eigenvalue weighted by atomic mass is 9.96. The number of piperazine rings is 1. The molecule has 0 aliphatic carbocycles. The van der Waals surface area contributed by atoms with Crippen LogP contribution in [0.2, 0.25) is 0 Å². The molecule has 0 N–H and O–H groups in total. The zero-order valence-electron chi connectivity index (χ0n) is 12.8. The first kappa shape index (κ1) is 15.2. The number of nitrogens with zero attached hydrogens (tertiary/aromatic N) is 2. The van der Waals surface area contributed by atoms with Gasteiger partial charge in [0.05, 0.1) is 6.04 Å². The normalized spacial score (nSPS) is 20.8. The van der Waals surface area contributed by atoms with Crippen molar-refractivity contribution in [3.63, 3.8) is 0 Å². The number of rotatable bonds is 3. The van der Waals surface area contributed by atoms with Gasteiger partial charge in [-0.15, -0.1) is 0 Å². The average Bonchev–Trinajstić information content (AvgIpc) is 2.37. The average molecular weight is 282 g/mol. The van der Waals surface area contributed by atoms with Gasteiger partial charge in [-0.25, -0.2) is 8.78 Å². The van der Waals surface area contributed by atoms with Crippen molar-refractivity contribution in [2.45, 2.75) is 32.7 Å². The zero-order valence-corrected chi connectivity index (χ0v) is 12.8. The van der Waals surface area contributed by atoms with Crippen LogP contribution in [0, 0.1) is 12.7 Å². The SMILES string of the molecule is Cc1cc(N2CCN(C)CC2CF)cc(F)c1C(C)C. The van der Waals surface area contributed by atoms with Gasteiger partial charge in [0.2, 0.25) is 0 Å². The third-order valence-electron chi connectivity index (χ3n) is 4.09. The van der Waals surface area contributed by atoms with Crippen molar-refractivity contribution in [2.75, 3.05) is 38.3 Å². The molecule has 1 aromatic carbocycles. The first-order chi connectivity index (χ1) is 9.43. The van der Waals surface area contributed by atoms with E-state index in [9.17, 15) is 8.78 Å². The van der Waals surface area contributed by atoms with E-state index in [4.69, 9.17) is 0 Å². The minimum Gasteiger partial charge on any atom is -0.363 e. The molecule has 0 bridgehead atoms. The highest BCUT2D eigenvalue weighted by molar-refractivity contribution is 5.53. The standard InChI is InChI=1S/C16H24F2N2/c1-11(2)16-12(3)7-13(8-15(16)18)20-6-5-19(4)10-14(20)9-17/h7-8,11,14H,5-6,9-10H2,1-4H3. The molecule has 1 heterocycles. The molecular formula is C16H24F2N2. The second-order valence-electron chi connectivity index (χ2n) is 6.08. The Labute approximate surface area is 120 Å². The Morgan fingerprint density at radius 2 is 2.00 bits per heavy atom. The van der Waals surface area contributed by atoms with Crippen molar-refractivity contribution in [1.29, 1.82) is 0 Å². The van der Waals surface area contributed by atoms with E-state index in [1.807, 2.05) is 38.8 Å². The van der Waals surface area contributed by atoms with Crippen molar-refractivity contribution in [3.8, 4) is 0 Å². The predicted molar refractivity (Wildman–Crippen MR) is 79.8 cm³/mol. The third kappa shape index (κ3) is 2.95. The second kappa shape index (κ2) is 6.08. The zero-order chi connectivity index (χ0) is 14.9. The quantitative estimate of drug-likeness (QED) is 0.839. The molecule has 0 aromatic heterocycles. The molecule has 1 aliphatic heterocycles. The number of benzene rings is 1. The maximum atomic E-state index is 14.3. The van der Waals surface area contributed by atoms with Gasteiger partial charge in [0.1, 0.15) is 12.5 Å². The first-order valence-electron chi connectivity index (χ1n) is 7.25. The van der Waals surface area contributed by atoms with Crippen LogP contribution >= 0.6 is 0 Å². The number of hydrogen-bond acceptors (Lipinski definition) is 2. The number of aryl methyl sites for hydroxylation is 1. The summed E-state index contributed by atoms with van der Waals surface area (Å²) in [5, 5.41) is 0. The van der Waals surface area contributed by atoms with E-state index in [1.54, 1.807) is 6.07 Å². The maximum Gasteiger partial charge on any atom is 0.128 e. The Morgan fingerprint density at radius 3 is 2.55 bits per heavy atom. The van der Waals surface area contributed by atoms with Gasteiger partial charge in [0, 0.05) is 25.3 Å². The number of anilines is 1. The van der Waals surface area contributed by atoms with Crippen LogP contribution < -0.4 is 4.90 Å². The van der Waals surface area contributed by atoms with E-state index < -0.39 is 6.67 Å². The van der Waals surface area contributed by atoms with Gasteiger partial charge in [0.15, 0.2) is 0 Å². The second-order valence-corrected chi connectivity index (χ2v) is 6.08. The highest BCUT2D eigenvalue weighted by Gasteiger charge is 2.26. The fraction of sp³-hybridized carbons (Fsp3) is 0.625. The van der Waals surface area contributed by atoms with Crippen LogP contribution in [0.5, 0.6) is 0 Å². The van der Waals surface area contributed by atoms with Crippen molar-refractivity contribution in [2.24, 2.45) is 0 Å². The van der Waals surface area contributed by atoms with Crippen molar-refractivity contribution >= 4 is 5.69 Å². The summed E-state index contributed by atoms with van der Waals surface area (Å²) in [4.78, 5) is 4.12. The van der Waals surface area contributed by atoms with Gasteiger partial charge in [0.25, 0.3) is 0 Å². The molecule has 4 heteroatoms. The lowest BCUT2D eigenvalue weighted by Crippen LogP contribution is -2.53. The van der Waals surface area contributed by atoms with Crippen LogP contribution in [0.4, 0.5) is 14.5 Å². The first-order valence-corrected chi connectivity index (χ1v) is 7.25. The maximum absolute atomic E-state index is 14.3. The number of halogens is 2. The molecule has 1 atom stereocenters. The molecule has 1 aromatic rings. The fourth-order valence-electron chi connectivity index (χ4n) is 3.12. The van der Waals surface area contributed by atoms with Gasteiger partial charge in [-0.1, -0.05) is 13.8 Å². The Bertz CT molecular complexity index is 451. The molecular weight excluding hydrogens is 258 g/mol. The molecule has 0 saturated carbocycles. The predicted octanol–water partition coefficient (Wildman–Crippen LogP) is 3.35. The number of hydrogen-bond donors (Lipinski definition) is 0. The fourth-order valence-corrected chi connectivity index (χ4v) is 3.12. The Balaban J connectivity index is 2.33. The lowest BCUT2D eigenvalue weighted by Gasteiger charge is -2.40. The van der Waals surface area contributed by atoms with Crippen LogP contribution in [0.25, 0.3) is 0 Å². The summed E-state index contributed by atoms with van der Waals surface area (Å²) in [6.45, 7) is 7.81. The highest BCUT2D eigenvalue weighted by atomic mass is 19.1. The van der Waals surface area contributed by atoms with E-state index in [-0.39, 0.29) is 17.8 Å². The lowest BCUT2D eigenvalue weighted by molar-refractivity contribution is 0.240. The van der Waals surface area contributed by atoms with Gasteiger partial charge in [-0.2, -0.15) is 0 Å². The summed E-state index contributed by atoms with van der Waals surface area (Å²) in [7, 11) is 1.99. The highest BCUT2D eigenvalue weighted by Crippen LogP contribution is 2.29. The molecule has 1 aliphatic rings. The topological polar surface area (TPSA) is 6.48 Å². The summed E-state index contributed by atoms with van der Waals surface area (Å²) in [5.41, 5.74) is 2.52. The molecule has 0 radical (unpaired) electrons. The summed E-state index contributed by atoms with van der Waals surface area (Å²) < 4.78 is 27.5. The van der Waals surface area contributed by atoms with Crippen LogP contribution in [0.15, 0.2) is 12.1 Å². The molecule has 0 amide bonds. The van der Waals surface area contributed by atoms with Crippen molar-refractivity contribution in [1.82, 2.24) is 4.90 Å². The number of likely N-dealkylation sites (N-methyl/N-ethyl adjacent to an activating group) is 1. The minimum atomic E-state index is -0.406. The largest absolute Gasteiger partial charge is 0.363 e. The minimum absolute atomic E-state index is 0.161. The van der Waals surface area contributed by atoms with Gasteiger partial charge in [-0.3, -0.25) is 0 Å². The van der Waals surface area contributed by atoms with Crippen LogP contribution in [0.1, 0.15) is 30.9 Å². The van der Waals surface area contributed by atoms with Gasteiger partial charge < -0.3 is 9.80 Å². The molecule has 1 fully saturated rings. The smallest absolute Gasteiger partial charge is 0.128 e. The molecule has 2 rings (SSSR count). The molecule has 20 heavy (non-hydrogen) atoms.